The molecule has 2 aliphatic rings. The van der Waals surface area contributed by atoms with Gasteiger partial charge >= 0.3 is 11.5 Å². The van der Waals surface area contributed by atoms with Crippen LogP contribution < -0.4 is 9.80 Å². The minimum Gasteiger partial charge on any atom is -0.277 e. The predicted octanol–water partition coefficient (Wildman–Crippen LogP) is 4.42. The van der Waals surface area contributed by atoms with Crippen LogP contribution in [-0.4, -0.2) is 36.4 Å². The van der Waals surface area contributed by atoms with Gasteiger partial charge in [0.1, 0.15) is 5.54 Å². The van der Waals surface area contributed by atoms with Gasteiger partial charge in [-0.2, -0.15) is 17.6 Å². The molecule has 5 rings (SSSR count). The van der Waals surface area contributed by atoms with E-state index in [4.69, 9.17) is 0 Å². The molecule has 2 heterocycles. The van der Waals surface area contributed by atoms with Crippen molar-refractivity contribution in [3.63, 3.8) is 0 Å². The van der Waals surface area contributed by atoms with Gasteiger partial charge in [-0.1, -0.05) is 25.1 Å². The molecule has 3 aromatic rings. The third-order valence-electron chi connectivity index (χ3n) is 6.24. The lowest BCUT2D eigenvalue weighted by Crippen LogP contribution is -2.39. The molecule has 2 atom stereocenters. The van der Waals surface area contributed by atoms with Crippen LogP contribution in [0, 0.1) is 11.9 Å². The number of benzene rings is 2. The number of carbonyl (C=O) groups excluding carboxylic acids is 2. The highest BCUT2D eigenvalue weighted by atomic mass is 32.2. The Bertz CT molecular complexity index is 1470. The highest BCUT2D eigenvalue weighted by Gasteiger charge is 2.70. The van der Waals surface area contributed by atoms with Crippen molar-refractivity contribution in [2.24, 2.45) is 5.92 Å². The lowest BCUT2D eigenvalue weighted by molar-refractivity contribution is -0.119. The molecular weight excluding hydrogens is 478 g/mol. The number of pyridine rings is 1. The van der Waals surface area contributed by atoms with Crippen LogP contribution in [0.5, 0.6) is 0 Å². The van der Waals surface area contributed by atoms with Crippen LogP contribution in [0.25, 0.3) is 10.9 Å². The zero-order valence-corrected chi connectivity index (χ0v) is 18.2. The number of hydrogen-bond donors (Lipinski definition) is 0. The molecule has 1 aliphatic heterocycles. The van der Waals surface area contributed by atoms with Gasteiger partial charge in [-0.3, -0.25) is 9.69 Å². The maximum absolute atomic E-state index is 14.3. The number of fused-ring (bicyclic) bond motifs is 1. The average molecular weight is 493 g/mol. The molecule has 2 aromatic carbocycles. The third-order valence-corrected chi connectivity index (χ3v) is 7.74. The van der Waals surface area contributed by atoms with E-state index in [0.717, 1.165) is 23.1 Å². The molecule has 1 saturated carbocycles. The Morgan fingerprint density at radius 2 is 1.68 bits per heavy atom. The van der Waals surface area contributed by atoms with Gasteiger partial charge in [0.25, 0.3) is 15.7 Å². The Hall–Kier alpha value is -3.54. The van der Waals surface area contributed by atoms with E-state index < -0.39 is 43.7 Å². The minimum absolute atomic E-state index is 0.101. The fourth-order valence-corrected chi connectivity index (χ4v) is 5.19. The molecule has 1 saturated heterocycles. The highest BCUT2D eigenvalue weighted by Crippen LogP contribution is 2.56. The van der Waals surface area contributed by atoms with Crippen LogP contribution in [0.4, 0.5) is 33.7 Å². The molecule has 1 spiro atoms. The van der Waals surface area contributed by atoms with Crippen LogP contribution in [0.3, 0.4) is 0 Å². The van der Waals surface area contributed by atoms with Crippen molar-refractivity contribution in [3.05, 3.63) is 60.5 Å². The van der Waals surface area contributed by atoms with Crippen molar-refractivity contribution in [2.45, 2.75) is 29.3 Å². The molecule has 7 nitrogen and oxygen atoms in total. The van der Waals surface area contributed by atoms with Gasteiger partial charge in [-0.25, -0.2) is 23.1 Å². The molecule has 0 N–H and O–H groups in total. The van der Waals surface area contributed by atoms with Gasteiger partial charge in [0.2, 0.25) is 5.95 Å². The number of aromatic nitrogens is 1. The normalized spacial score (nSPS) is 22.8. The summed E-state index contributed by atoms with van der Waals surface area (Å²) in [6.07, 6.45) is 0.298. The molecule has 3 amide bonds. The van der Waals surface area contributed by atoms with Crippen LogP contribution in [-0.2, 0) is 14.6 Å². The molecule has 0 radical (unpaired) electrons. The highest BCUT2D eigenvalue weighted by molar-refractivity contribution is 7.92. The monoisotopic (exact) mass is 493 g/mol. The SMILES string of the molecule is CC1CC12C(=O)N(c1ccc(S(=O)(=O)C(F)(F)F)cc1)C(=O)N2c1cc(F)nc2ccccc12. The number of rotatable bonds is 3. The molecule has 176 valence electrons. The average Bonchev–Trinajstić information content (AvgIpc) is 3.38. The van der Waals surface area contributed by atoms with Crippen molar-refractivity contribution in [1.29, 1.82) is 0 Å². The second-order valence-corrected chi connectivity index (χ2v) is 10.2. The number of halogens is 4. The van der Waals surface area contributed by atoms with Crippen molar-refractivity contribution in [2.75, 3.05) is 9.80 Å². The first kappa shape index (κ1) is 22.3. The van der Waals surface area contributed by atoms with Gasteiger partial charge in [0, 0.05) is 11.5 Å². The summed E-state index contributed by atoms with van der Waals surface area (Å²) in [5.41, 5.74) is -6.46. The van der Waals surface area contributed by atoms with Crippen molar-refractivity contribution < 1.29 is 35.6 Å². The Morgan fingerprint density at radius 1 is 1.06 bits per heavy atom. The summed E-state index contributed by atoms with van der Waals surface area (Å²) >= 11 is 0. The molecule has 2 unspecified atom stereocenters. The Labute approximate surface area is 190 Å². The number of sulfone groups is 1. The first-order valence-corrected chi connectivity index (χ1v) is 11.5. The van der Waals surface area contributed by atoms with Gasteiger partial charge in [-0.05, 0) is 42.7 Å². The summed E-state index contributed by atoms with van der Waals surface area (Å²) in [5.74, 6) is -1.75. The standard InChI is InChI=1S/C22H15F4N3O4S/c1-12-11-21(12)19(30)28(13-6-8-14(9-7-13)34(32,33)22(24,25)26)20(31)29(21)17-10-18(23)27-16-5-3-2-4-15(16)17/h2-10,12H,11H2,1H3. The number of urea groups is 1. The fraction of sp³-hybridized carbons (Fsp3) is 0.227. The number of para-hydroxylation sites is 1. The number of alkyl halides is 3. The largest absolute Gasteiger partial charge is 0.501 e. The van der Waals surface area contributed by atoms with E-state index in [0.29, 0.717) is 23.9 Å². The molecule has 0 bridgehead atoms. The number of nitrogens with zero attached hydrogens (tertiary/aromatic N) is 3. The second kappa shape index (κ2) is 6.98. The van der Waals surface area contributed by atoms with Crippen molar-refractivity contribution >= 4 is 44.1 Å². The van der Waals surface area contributed by atoms with Gasteiger partial charge in [0.15, 0.2) is 0 Å². The first-order chi connectivity index (χ1) is 15.9. The summed E-state index contributed by atoms with van der Waals surface area (Å²) in [6, 6.07) is 10.0. The summed E-state index contributed by atoms with van der Waals surface area (Å²) in [5, 5.41) is 0.442. The molecule has 12 heteroatoms. The predicted molar refractivity (Wildman–Crippen MR) is 113 cm³/mol. The summed E-state index contributed by atoms with van der Waals surface area (Å²) in [4.78, 5) is 31.7. The summed E-state index contributed by atoms with van der Waals surface area (Å²) in [6.45, 7) is 1.75. The molecule has 1 aromatic heterocycles. The number of carbonyl (C=O) groups is 2. The van der Waals surface area contributed by atoms with E-state index in [1.807, 2.05) is 0 Å². The third kappa shape index (κ3) is 2.94. The van der Waals surface area contributed by atoms with Gasteiger partial charge in [0.05, 0.1) is 21.8 Å². The van der Waals surface area contributed by atoms with Gasteiger partial charge in [-0.15, -0.1) is 0 Å². The zero-order chi connectivity index (χ0) is 24.6. The Morgan fingerprint density at radius 3 is 2.26 bits per heavy atom. The number of anilines is 2. The van der Waals surface area contributed by atoms with E-state index in [2.05, 4.69) is 4.98 Å². The van der Waals surface area contributed by atoms with E-state index in [1.54, 1.807) is 31.2 Å². The minimum atomic E-state index is -5.59. The molecule has 1 aliphatic carbocycles. The molecule has 2 fully saturated rings. The summed E-state index contributed by atoms with van der Waals surface area (Å²) < 4.78 is 76.1. The smallest absolute Gasteiger partial charge is 0.277 e. The van der Waals surface area contributed by atoms with Crippen molar-refractivity contribution in [1.82, 2.24) is 4.98 Å². The Balaban J connectivity index is 1.61. The number of imide groups is 1. The maximum atomic E-state index is 14.3. The van der Waals surface area contributed by atoms with E-state index >= 15 is 0 Å². The second-order valence-electron chi connectivity index (χ2n) is 8.21. The molecule has 34 heavy (non-hydrogen) atoms. The first-order valence-electron chi connectivity index (χ1n) is 10.0. The maximum Gasteiger partial charge on any atom is 0.501 e. The van der Waals surface area contributed by atoms with E-state index in [9.17, 15) is 35.6 Å². The fourth-order valence-electron chi connectivity index (χ4n) is 4.43. The molecular formula is C22H15F4N3O4S. The topological polar surface area (TPSA) is 87.7 Å². The zero-order valence-electron chi connectivity index (χ0n) is 17.4. The Kier molecular flexibility index (Phi) is 4.57. The van der Waals surface area contributed by atoms with Crippen molar-refractivity contribution in [3.8, 4) is 0 Å². The number of amides is 3. The number of hydrogen-bond acceptors (Lipinski definition) is 5. The quantitative estimate of drug-likeness (QED) is 0.306. The lowest BCUT2D eigenvalue weighted by Gasteiger charge is -2.23. The van der Waals surface area contributed by atoms with Crippen LogP contribution in [0.1, 0.15) is 13.3 Å². The van der Waals surface area contributed by atoms with Crippen LogP contribution in [0.15, 0.2) is 59.5 Å². The van der Waals surface area contributed by atoms with Crippen LogP contribution >= 0.6 is 0 Å². The van der Waals surface area contributed by atoms with E-state index in [-0.39, 0.29) is 22.8 Å². The van der Waals surface area contributed by atoms with Crippen LogP contribution in [0.2, 0.25) is 0 Å². The van der Waals surface area contributed by atoms with Gasteiger partial charge < -0.3 is 0 Å². The lowest BCUT2D eigenvalue weighted by atomic mass is 10.1. The summed E-state index contributed by atoms with van der Waals surface area (Å²) in [7, 11) is -5.59. The van der Waals surface area contributed by atoms with E-state index in [1.165, 1.54) is 4.90 Å².